The van der Waals surface area contributed by atoms with E-state index >= 15 is 0 Å². The monoisotopic (exact) mass is 562 g/mol. The van der Waals surface area contributed by atoms with Gasteiger partial charge in [-0.3, -0.25) is 14.4 Å². The van der Waals surface area contributed by atoms with Gasteiger partial charge in [0.05, 0.1) is 35.8 Å². The fourth-order valence-electron chi connectivity index (χ4n) is 7.22. The Kier molecular flexibility index (Phi) is 10.8. The van der Waals surface area contributed by atoms with Gasteiger partial charge in [0.15, 0.2) is 0 Å². The molecule has 1 N–H and O–H groups in total. The summed E-state index contributed by atoms with van der Waals surface area (Å²) in [5.74, 6) is -1.62. The summed E-state index contributed by atoms with van der Waals surface area (Å²) in [5, 5.41) is 10.5. The zero-order chi connectivity index (χ0) is 29.0. The Hall–Kier alpha value is -1.80. The SMILES string of the molecule is C=CCCCCOC(=O)[C@@H]1[C@H]2C(=O)N([C@@H](CO)CC(C)C)C(C(=O)N(CC=C)C(C)CCC)C23CC[C@@]1(C)S3. The van der Waals surface area contributed by atoms with Crippen LogP contribution in [0.15, 0.2) is 25.3 Å². The third kappa shape index (κ3) is 5.97. The minimum absolute atomic E-state index is 0.0129. The Bertz CT molecular complexity index is 925. The van der Waals surface area contributed by atoms with Gasteiger partial charge in [0.1, 0.15) is 6.04 Å². The van der Waals surface area contributed by atoms with Gasteiger partial charge in [-0.1, -0.05) is 39.3 Å². The van der Waals surface area contributed by atoms with Crippen LogP contribution in [0.1, 0.15) is 86.0 Å². The van der Waals surface area contributed by atoms with Gasteiger partial charge in [-0.05, 0) is 64.7 Å². The topological polar surface area (TPSA) is 87.1 Å². The number of rotatable bonds is 16. The molecule has 220 valence electrons. The summed E-state index contributed by atoms with van der Waals surface area (Å²) < 4.78 is 4.59. The fraction of sp³-hybridized carbons (Fsp3) is 0.774. The molecule has 7 atom stereocenters. The molecule has 3 saturated heterocycles. The number of hydrogen-bond donors (Lipinski definition) is 1. The average molecular weight is 563 g/mol. The number of fused-ring (bicyclic) bond motifs is 1. The first-order valence-corrected chi connectivity index (χ1v) is 15.7. The van der Waals surface area contributed by atoms with Crippen molar-refractivity contribution in [3.63, 3.8) is 0 Å². The highest BCUT2D eigenvalue weighted by molar-refractivity contribution is 8.02. The molecule has 0 aromatic rings. The van der Waals surface area contributed by atoms with E-state index in [0.29, 0.717) is 26.0 Å². The quantitative estimate of drug-likeness (QED) is 0.162. The number of aliphatic hydroxyl groups is 1. The lowest BCUT2D eigenvalue weighted by atomic mass is 9.66. The van der Waals surface area contributed by atoms with Crippen molar-refractivity contribution in [2.75, 3.05) is 19.8 Å². The summed E-state index contributed by atoms with van der Waals surface area (Å²) in [7, 11) is 0. The van der Waals surface area contributed by atoms with Crippen LogP contribution in [0.4, 0.5) is 0 Å². The van der Waals surface area contributed by atoms with E-state index in [1.54, 1.807) is 22.7 Å². The third-order valence-corrected chi connectivity index (χ3v) is 10.9. The number of unbranched alkanes of at least 4 members (excludes halogenated alkanes) is 2. The maximum absolute atomic E-state index is 14.6. The normalized spacial score (nSPS) is 30.8. The minimum atomic E-state index is -0.734. The van der Waals surface area contributed by atoms with E-state index in [-0.39, 0.29) is 36.4 Å². The molecule has 39 heavy (non-hydrogen) atoms. The number of allylic oxidation sites excluding steroid dienone is 1. The first-order chi connectivity index (χ1) is 18.5. The molecule has 7 nitrogen and oxygen atoms in total. The van der Waals surface area contributed by atoms with E-state index in [9.17, 15) is 19.5 Å². The molecule has 3 fully saturated rings. The Morgan fingerprint density at radius 2 is 1.95 bits per heavy atom. The van der Waals surface area contributed by atoms with Crippen LogP contribution in [-0.4, -0.2) is 80.1 Å². The molecule has 2 bridgehead atoms. The standard InChI is InChI=1S/C31H50N2O5S/c1-8-11-12-13-18-38-29(37)25-24-27(35)33(23(20-34)19-21(4)5)26(31(24)16-15-30(25,7)39-31)28(36)32(17-10-3)22(6)14-9-2/h8,10,21-26,34H,1,3,9,11-20H2,2,4-7H3/t22?,23-,24+,25+,26?,30-,31?/m1/s1. The summed E-state index contributed by atoms with van der Waals surface area (Å²) in [6.07, 6.45) is 9.90. The van der Waals surface area contributed by atoms with Crippen LogP contribution in [0.25, 0.3) is 0 Å². The number of carbonyl (C=O) groups is 3. The number of likely N-dealkylation sites (tertiary alicyclic amines) is 1. The van der Waals surface area contributed by atoms with Gasteiger partial charge in [0, 0.05) is 17.3 Å². The molecule has 3 unspecified atom stereocenters. The van der Waals surface area contributed by atoms with Crippen LogP contribution >= 0.6 is 11.8 Å². The second-order valence-corrected chi connectivity index (χ2v) is 14.2. The molecule has 2 amide bonds. The Morgan fingerprint density at radius 1 is 1.23 bits per heavy atom. The van der Waals surface area contributed by atoms with Gasteiger partial charge in [-0.2, -0.15) is 0 Å². The summed E-state index contributed by atoms with van der Waals surface area (Å²) in [6.45, 7) is 18.4. The van der Waals surface area contributed by atoms with Gasteiger partial charge in [-0.15, -0.1) is 24.9 Å². The van der Waals surface area contributed by atoms with E-state index in [1.165, 1.54) is 0 Å². The summed E-state index contributed by atoms with van der Waals surface area (Å²) in [6, 6.07) is -1.23. The molecule has 0 aromatic heterocycles. The van der Waals surface area contributed by atoms with Crippen LogP contribution in [0.2, 0.25) is 0 Å². The van der Waals surface area contributed by atoms with Crippen LogP contribution < -0.4 is 0 Å². The molecule has 0 radical (unpaired) electrons. The third-order valence-electron chi connectivity index (χ3n) is 8.94. The number of hydrogen-bond acceptors (Lipinski definition) is 6. The summed E-state index contributed by atoms with van der Waals surface area (Å²) >= 11 is 1.66. The van der Waals surface area contributed by atoms with Crippen molar-refractivity contribution < 1.29 is 24.2 Å². The van der Waals surface area contributed by atoms with E-state index in [0.717, 1.165) is 38.5 Å². The van der Waals surface area contributed by atoms with Crippen molar-refractivity contribution in [1.29, 1.82) is 0 Å². The van der Waals surface area contributed by atoms with Gasteiger partial charge in [-0.25, -0.2) is 0 Å². The highest BCUT2D eigenvalue weighted by Gasteiger charge is 2.78. The largest absolute Gasteiger partial charge is 0.465 e. The van der Waals surface area contributed by atoms with Crippen LogP contribution in [0.3, 0.4) is 0 Å². The molecule has 1 spiro atoms. The van der Waals surface area contributed by atoms with Crippen molar-refractivity contribution in [2.45, 2.75) is 114 Å². The lowest BCUT2D eigenvalue weighted by Crippen LogP contribution is -2.59. The van der Waals surface area contributed by atoms with E-state index in [1.807, 2.05) is 17.9 Å². The van der Waals surface area contributed by atoms with E-state index in [2.05, 4.69) is 40.9 Å². The smallest absolute Gasteiger partial charge is 0.311 e. The zero-order valence-electron chi connectivity index (χ0n) is 24.7. The maximum atomic E-state index is 14.6. The van der Waals surface area contributed by atoms with Crippen molar-refractivity contribution in [2.24, 2.45) is 17.8 Å². The first kappa shape index (κ1) is 31.7. The number of amides is 2. The van der Waals surface area contributed by atoms with Gasteiger partial charge in [0.25, 0.3) is 0 Å². The molecule has 8 heteroatoms. The van der Waals surface area contributed by atoms with Crippen molar-refractivity contribution in [1.82, 2.24) is 9.80 Å². The summed E-state index contributed by atoms with van der Waals surface area (Å²) in [4.78, 5) is 46.1. The molecule has 0 aliphatic carbocycles. The van der Waals surface area contributed by atoms with Crippen LogP contribution in [0, 0.1) is 17.8 Å². The van der Waals surface area contributed by atoms with Gasteiger partial charge < -0.3 is 19.6 Å². The Morgan fingerprint density at radius 3 is 2.54 bits per heavy atom. The average Bonchev–Trinajstić information content (AvgIpc) is 3.46. The number of esters is 1. The predicted octanol–water partition coefficient (Wildman–Crippen LogP) is 4.98. The van der Waals surface area contributed by atoms with Crippen molar-refractivity contribution >= 4 is 29.5 Å². The lowest BCUT2D eigenvalue weighted by Gasteiger charge is -2.41. The van der Waals surface area contributed by atoms with Crippen LogP contribution in [-0.2, 0) is 19.1 Å². The molecular weight excluding hydrogens is 512 g/mol. The number of ether oxygens (including phenoxy) is 1. The van der Waals surface area contributed by atoms with Crippen LogP contribution in [0.5, 0.6) is 0 Å². The zero-order valence-corrected chi connectivity index (χ0v) is 25.5. The predicted molar refractivity (Wildman–Crippen MR) is 157 cm³/mol. The number of aliphatic hydroxyl groups excluding tert-OH is 1. The lowest BCUT2D eigenvalue weighted by molar-refractivity contribution is -0.156. The Labute approximate surface area is 239 Å². The Balaban J connectivity index is 2.03. The molecule has 3 heterocycles. The molecule has 3 aliphatic rings. The number of nitrogens with zero attached hydrogens (tertiary/aromatic N) is 2. The molecular formula is C31H50N2O5S. The van der Waals surface area contributed by atoms with E-state index in [4.69, 9.17) is 4.74 Å². The number of carbonyl (C=O) groups excluding carboxylic acids is 3. The fourth-order valence-corrected chi connectivity index (χ4v) is 9.55. The van der Waals surface area contributed by atoms with Crippen molar-refractivity contribution in [3.8, 4) is 0 Å². The second kappa shape index (κ2) is 13.2. The molecule has 3 rings (SSSR count). The van der Waals surface area contributed by atoms with Gasteiger partial charge >= 0.3 is 5.97 Å². The molecule has 0 saturated carbocycles. The highest BCUT2D eigenvalue weighted by atomic mass is 32.2. The van der Waals surface area contributed by atoms with E-state index < -0.39 is 33.4 Å². The summed E-state index contributed by atoms with van der Waals surface area (Å²) in [5.41, 5.74) is 0. The highest BCUT2D eigenvalue weighted by Crippen LogP contribution is 2.72. The minimum Gasteiger partial charge on any atom is -0.465 e. The molecule has 0 aromatic carbocycles. The maximum Gasteiger partial charge on any atom is 0.311 e. The number of thioether (sulfide) groups is 1. The van der Waals surface area contributed by atoms with Gasteiger partial charge in [0.2, 0.25) is 11.8 Å². The second-order valence-electron chi connectivity index (χ2n) is 12.3. The first-order valence-electron chi connectivity index (χ1n) is 14.8. The molecule has 3 aliphatic heterocycles. The van der Waals surface area contributed by atoms with Crippen molar-refractivity contribution in [3.05, 3.63) is 25.3 Å².